The lowest BCUT2D eigenvalue weighted by atomic mass is 9.89. The molecule has 1 aliphatic heterocycles. The highest BCUT2D eigenvalue weighted by atomic mass is 19.4. The summed E-state index contributed by atoms with van der Waals surface area (Å²) < 4.78 is 82.9. The van der Waals surface area contributed by atoms with Gasteiger partial charge in [-0.1, -0.05) is 30.3 Å². The van der Waals surface area contributed by atoms with Crippen LogP contribution in [-0.4, -0.2) is 19.7 Å². The minimum Gasteiger partial charge on any atom is -0.493 e. The predicted octanol–water partition coefficient (Wildman–Crippen LogP) is 5.11. The Hall–Kier alpha value is -2.22. The molecule has 8 heteroatoms. The molecule has 1 heterocycles. The van der Waals surface area contributed by atoms with E-state index in [1.165, 1.54) is 0 Å². The van der Waals surface area contributed by atoms with Crippen molar-refractivity contribution < 1.29 is 31.1 Å². The van der Waals surface area contributed by atoms with Crippen molar-refractivity contribution in [2.24, 2.45) is 5.92 Å². The molecular formula is C19H17F6NO. The minimum absolute atomic E-state index is 0.0190. The molecule has 0 bridgehead atoms. The largest absolute Gasteiger partial charge is 0.493 e. The van der Waals surface area contributed by atoms with Crippen LogP contribution in [0.3, 0.4) is 0 Å². The fourth-order valence-corrected chi connectivity index (χ4v) is 3.21. The molecule has 0 spiro atoms. The Balaban J connectivity index is 1.79. The molecule has 0 radical (unpaired) electrons. The van der Waals surface area contributed by atoms with E-state index >= 15 is 0 Å². The van der Waals surface area contributed by atoms with Crippen LogP contribution < -0.4 is 10.1 Å². The SMILES string of the molecule is FC(F)(F)c1cc(OCC2CNCC2c2ccccc2)cc(C(F)(F)F)c1. The fraction of sp³-hybridized carbons (Fsp3) is 0.368. The highest BCUT2D eigenvalue weighted by Gasteiger charge is 2.37. The molecule has 2 nitrogen and oxygen atoms in total. The number of alkyl halides is 6. The normalized spacial score (nSPS) is 20.7. The zero-order chi connectivity index (χ0) is 19.7. The van der Waals surface area contributed by atoms with Gasteiger partial charge in [-0.3, -0.25) is 0 Å². The van der Waals surface area contributed by atoms with Gasteiger partial charge < -0.3 is 10.1 Å². The molecule has 2 aromatic rings. The maximum absolute atomic E-state index is 12.9. The van der Waals surface area contributed by atoms with E-state index in [0.29, 0.717) is 25.2 Å². The Labute approximate surface area is 152 Å². The summed E-state index contributed by atoms with van der Waals surface area (Å²) in [6.45, 7) is 1.27. The van der Waals surface area contributed by atoms with Crippen LogP contribution >= 0.6 is 0 Å². The molecule has 1 aliphatic rings. The molecule has 2 atom stereocenters. The van der Waals surface area contributed by atoms with E-state index < -0.39 is 29.2 Å². The number of halogens is 6. The molecule has 0 aromatic heterocycles. The van der Waals surface area contributed by atoms with Gasteiger partial charge in [0.15, 0.2) is 0 Å². The second-order valence-electron chi connectivity index (χ2n) is 6.49. The van der Waals surface area contributed by atoms with Gasteiger partial charge in [-0.25, -0.2) is 0 Å². The fourth-order valence-electron chi connectivity index (χ4n) is 3.21. The average Bonchev–Trinajstić information content (AvgIpc) is 3.07. The van der Waals surface area contributed by atoms with Crippen molar-refractivity contribution in [2.75, 3.05) is 19.7 Å². The zero-order valence-corrected chi connectivity index (χ0v) is 14.1. The lowest BCUT2D eigenvalue weighted by molar-refractivity contribution is -0.143. The first kappa shape index (κ1) is 19.5. The van der Waals surface area contributed by atoms with E-state index in [4.69, 9.17) is 4.74 Å². The number of hydrogen-bond acceptors (Lipinski definition) is 2. The molecular weight excluding hydrogens is 372 g/mol. The molecule has 146 valence electrons. The second-order valence-corrected chi connectivity index (χ2v) is 6.49. The highest BCUT2D eigenvalue weighted by Crippen LogP contribution is 2.38. The summed E-state index contributed by atoms with van der Waals surface area (Å²) in [6.07, 6.45) is -9.78. The van der Waals surface area contributed by atoms with Crippen molar-refractivity contribution in [3.8, 4) is 5.75 Å². The van der Waals surface area contributed by atoms with Gasteiger partial charge in [-0.05, 0) is 23.8 Å². The molecule has 27 heavy (non-hydrogen) atoms. The van der Waals surface area contributed by atoms with Gasteiger partial charge in [0.1, 0.15) is 5.75 Å². The summed E-state index contributed by atoms with van der Waals surface area (Å²) in [4.78, 5) is 0. The number of benzene rings is 2. The molecule has 3 rings (SSSR count). The van der Waals surface area contributed by atoms with E-state index in [0.717, 1.165) is 5.56 Å². The molecule has 1 fully saturated rings. The molecule has 0 aliphatic carbocycles. The van der Waals surface area contributed by atoms with Crippen LogP contribution in [0.5, 0.6) is 5.75 Å². The van der Waals surface area contributed by atoms with Crippen molar-refractivity contribution in [1.29, 1.82) is 0 Å². The quantitative estimate of drug-likeness (QED) is 0.734. The number of nitrogens with one attached hydrogen (secondary N) is 1. The maximum atomic E-state index is 12.9. The van der Waals surface area contributed by atoms with Crippen molar-refractivity contribution >= 4 is 0 Å². The van der Waals surface area contributed by atoms with Crippen LogP contribution in [-0.2, 0) is 12.4 Å². The summed E-state index contributed by atoms with van der Waals surface area (Å²) in [6, 6.07) is 10.8. The summed E-state index contributed by atoms with van der Waals surface area (Å²) in [5.74, 6) is -0.411. The Morgan fingerprint density at radius 2 is 1.44 bits per heavy atom. The standard InChI is InChI=1S/C19H17F6NO/c20-18(21,22)14-6-15(19(23,24)25)8-16(7-14)27-11-13-9-26-10-17(13)12-4-2-1-3-5-12/h1-8,13,17,26H,9-11H2. The first-order valence-corrected chi connectivity index (χ1v) is 8.32. The van der Waals surface area contributed by atoms with Crippen molar-refractivity contribution in [3.05, 3.63) is 65.2 Å². The lowest BCUT2D eigenvalue weighted by Gasteiger charge is -2.20. The number of rotatable bonds is 4. The highest BCUT2D eigenvalue weighted by molar-refractivity contribution is 5.37. The van der Waals surface area contributed by atoms with Crippen molar-refractivity contribution in [2.45, 2.75) is 18.3 Å². The van der Waals surface area contributed by atoms with E-state index in [1.807, 2.05) is 30.3 Å². The molecule has 0 amide bonds. The van der Waals surface area contributed by atoms with E-state index in [2.05, 4.69) is 5.32 Å². The average molecular weight is 389 g/mol. The van der Waals surface area contributed by atoms with Crippen LogP contribution in [0.15, 0.2) is 48.5 Å². The van der Waals surface area contributed by atoms with Crippen LogP contribution in [0, 0.1) is 5.92 Å². The van der Waals surface area contributed by atoms with Crippen LogP contribution in [0.25, 0.3) is 0 Å². The van der Waals surface area contributed by atoms with Crippen molar-refractivity contribution in [1.82, 2.24) is 5.32 Å². The summed E-state index contributed by atoms with van der Waals surface area (Å²) in [5, 5.41) is 3.19. The third kappa shape index (κ3) is 4.74. The summed E-state index contributed by atoms with van der Waals surface area (Å²) in [5.41, 5.74) is -1.70. The lowest BCUT2D eigenvalue weighted by Crippen LogP contribution is -2.20. The van der Waals surface area contributed by atoms with Gasteiger partial charge in [0, 0.05) is 24.9 Å². The zero-order valence-electron chi connectivity index (χ0n) is 14.1. The molecule has 2 aromatic carbocycles. The van der Waals surface area contributed by atoms with Crippen LogP contribution in [0.2, 0.25) is 0 Å². The summed E-state index contributed by atoms with van der Waals surface area (Å²) in [7, 11) is 0. The second kappa shape index (κ2) is 7.42. The van der Waals surface area contributed by atoms with Gasteiger partial charge in [0.25, 0.3) is 0 Å². The number of hydrogen-bond donors (Lipinski definition) is 1. The van der Waals surface area contributed by atoms with Crippen molar-refractivity contribution in [3.63, 3.8) is 0 Å². The van der Waals surface area contributed by atoms with Crippen LogP contribution in [0.1, 0.15) is 22.6 Å². The first-order chi connectivity index (χ1) is 12.6. The number of ether oxygens (including phenoxy) is 1. The molecule has 1 saturated heterocycles. The Morgan fingerprint density at radius 3 is 2.00 bits per heavy atom. The summed E-state index contributed by atoms with van der Waals surface area (Å²) >= 11 is 0. The molecule has 1 N–H and O–H groups in total. The predicted molar refractivity (Wildman–Crippen MR) is 87.5 cm³/mol. The Morgan fingerprint density at radius 1 is 0.852 bits per heavy atom. The van der Waals surface area contributed by atoms with E-state index in [9.17, 15) is 26.3 Å². The van der Waals surface area contributed by atoms with Gasteiger partial charge in [-0.15, -0.1) is 0 Å². The van der Waals surface area contributed by atoms with Gasteiger partial charge >= 0.3 is 12.4 Å². The molecule has 2 unspecified atom stereocenters. The maximum Gasteiger partial charge on any atom is 0.416 e. The minimum atomic E-state index is -4.89. The third-order valence-corrected chi connectivity index (χ3v) is 4.59. The van der Waals surface area contributed by atoms with Gasteiger partial charge in [0.05, 0.1) is 17.7 Å². The third-order valence-electron chi connectivity index (χ3n) is 4.59. The smallest absolute Gasteiger partial charge is 0.416 e. The Kier molecular flexibility index (Phi) is 5.37. The van der Waals surface area contributed by atoms with Gasteiger partial charge in [-0.2, -0.15) is 26.3 Å². The van der Waals surface area contributed by atoms with E-state index in [-0.39, 0.29) is 24.5 Å². The topological polar surface area (TPSA) is 21.3 Å². The molecule has 0 saturated carbocycles. The monoisotopic (exact) mass is 389 g/mol. The van der Waals surface area contributed by atoms with E-state index in [1.54, 1.807) is 0 Å². The van der Waals surface area contributed by atoms with Crippen LogP contribution in [0.4, 0.5) is 26.3 Å². The Bertz CT molecular complexity index is 740. The van der Waals surface area contributed by atoms with Gasteiger partial charge in [0.2, 0.25) is 0 Å². The first-order valence-electron chi connectivity index (χ1n) is 8.32.